The molecule has 0 fully saturated rings. The van der Waals surface area contributed by atoms with Crippen molar-refractivity contribution in [2.24, 2.45) is 0 Å². The summed E-state index contributed by atoms with van der Waals surface area (Å²) in [5.41, 5.74) is 1.54. The highest BCUT2D eigenvalue weighted by atomic mass is 35.5. The van der Waals surface area contributed by atoms with Crippen molar-refractivity contribution in [3.8, 4) is 17.2 Å². The Morgan fingerprint density at radius 2 is 1.67 bits per heavy atom. The van der Waals surface area contributed by atoms with Gasteiger partial charge in [-0.15, -0.1) is 11.6 Å². The molecule has 0 unspecified atom stereocenters. The van der Waals surface area contributed by atoms with Gasteiger partial charge in [-0.1, -0.05) is 6.07 Å². The number of hydrogen-bond acceptors (Lipinski definition) is 3. The van der Waals surface area contributed by atoms with Gasteiger partial charge in [0.15, 0.2) is 11.5 Å². The Bertz CT molecular complexity index is 616. The Morgan fingerprint density at radius 1 is 0.952 bits per heavy atom. The van der Waals surface area contributed by atoms with Gasteiger partial charge in [0, 0.05) is 5.56 Å². The predicted octanol–water partition coefficient (Wildman–Crippen LogP) is 4.16. The molecule has 0 spiro atoms. The number of halogens is 2. The third-order valence-corrected chi connectivity index (χ3v) is 3.30. The Morgan fingerprint density at radius 3 is 2.33 bits per heavy atom. The Labute approximate surface area is 128 Å². The quantitative estimate of drug-likeness (QED) is 0.750. The summed E-state index contributed by atoms with van der Waals surface area (Å²) in [6, 6.07) is 9.82. The molecule has 2 aromatic carbocycles. The summed E-state index contributed by atoms with van der Waals surface area (Å²) < 4.78 is 29.2. The van der Waals surface area contributed by atoms with Gasteiger partial charge in [0.2, 0.25) is 0 Å². The average molecular weight is 311 g/mol. The first-order chi connectivity index (χ1) is 10.2. The van der Waals surface area contributed by atoms with Crippen LogP contribution >= 0.6 is 11.6 Å². The molecule has 5 heteroatoms. The highest BCUT2D eigenvalue weighted by Gasteiger charge is 2.07. The minimum Gasteiger partial charge on any atom is -0.493 e. The van der Waals surface area contributed by atoms with E-state index in [-0.39, 0.29) is 11.7 Å². The van der Waals surface area contributed by atoms with E-state index in [4.69, 9.17) is 25.8 Å². The zero-order valence-electron chi connectivity index (χ0n) is 11.9. The molecule has 0 saturated heterocycles. The van der Waals surface area contributed by atoms with Crippen LogP contribution in [-0.2, 0) is 12.5 Å². The van der Waals surface area contributed by atoms with E-state index < -0.39 is 0 Å². The van der Waals surface area contributed by atoms with Crippen LogP contribution in [0.4, 0.5) is 4.39 Å². The lowest BCUT2D eigenvalue weighted by molar-refractivity contribution is 0.301. The summed E-state index contributed by atoms with van der Waals surface area (Å²) in [6.45, 7) is 0.329. The molecule has 0 amide bonds. The van der Waals surface area contributed by atoms with E-state index in [2.05, 4.69) is 0 Å². The molecule has 0 saturated carbocycles. The number of ether oxygens (including phenoxy) is 3. The molecule has 0 bridgehead atoms. The Balaban J connectivity index is 2.13. The fourth-order valence-electron chi connectivity index (χ4n) is 1.92. The van der Waals surface area contributed by atoms with Gasteiger partial charge in [-0.05, 0) is 35.9 Å². The van der Waals surface area contributed by atoms with Gasteiger partial charge in [-0.3, -0.25) is 0 Å². The molecule has 0 aromatic heterocycles. The first-order valence-corrected chi connectivity index (χ1v) is 6.89. The van der Waals surface area contributed by atoms with Gasteiger partial charge >= 0.3 is 0 Å². The standard InChI is InChI=1S/C16H16ClFO3/c1-19-15-5-3-11(7-16(15)20-2)10-21-14-6-4-13(18)8-12(14)9-17/h3-8H,9-10H2,1-2H3. The smallest absolute Gasteiger partial charge is 0.161 e. The minimum absolute atomic E-state index is 0.193. The summed E-state index contributed by atoms with van der Waals surface area (Å²) in [5, 5.41) is 0. The van der Waals surface area contributed by atoms with E-state index in [9.17, 15) is 4.39 Å². The summed E-state index contributed by atoms with van der Waals surface area (Å²) in [5.74, 6) is 1.73. The Kier molecular flexibility index (Phi) is 5.28. The van der Waals surface area contributed by atoms with Crippen molar-refractivity contribution in [2.75, 3.05) is 14.2 Å². The molecular weight excluding hydrogens is 295 g/mol. The molecular formula is C16H16ClFO3. The van der Waals surface area contributed by atoms with Crippen molar-refractivity contribution in [1.82, 2.24) is 0 Å². The first-order valence-electron chi connectivity index (χ1n) is 6.36. The molecule has 0 radical (unpaired) electrons. The van der Waals surface area contributed by atoms with Crippen LogP contribution < -0.4 is 14.2 Å². The fraction of sp³-hybridized carbons (Fsp3) is 0.250. The van der Waals surface area contributed by atoms with Crippen molar-refractivity contribution in [1.29, 1.82) is 0 Å². The number of rotatable bonds is 6. The van der Waals surface area contributed by atoms with Gasteiger partial charge in [0.05, 0.1) is 20.1 Å². The number of methoxy groups -OCH3 is 2. The van der Waals surface area contributed by atoms with Crippen LogP contribution in [0.5, 0.6) is 17.2 Å². The van der Waals surface area contributed by atoms with Gasteiger partial charge in [0.25, 0.3) is 0 Å². The van der Waals surface area contributed by atoms with E-state index >= 15 is 0 Å². The van der Waals surface area contributed by atoms with Gasteiger partial charge in [-0.2, -0.15) is 0 Å². The monoisotopic (exact) mass is 310 g/mol. The van der Waals surface area contributed by atoms with E-state index in [0.29, 0.717) is 29.4 Å². The third kappa shape index (κ3) is 3.79. The Hall–Kier alpha value is -1.94. The lowest BCUT2D eigenvalue weighted by Gasteiger charge is -2.12. The van der Waals surface area contributed by atoms with Crippen LogP contribution in [0, 0.1) is 5.82 Å². The van der Waals surface area contributed by atoms with Crippen molar-refractivity contribution in [3.05, 3.63) is 53.3 Å². The van der Waals surface area contributed by atoms with E-state index in [1.807, 2.05) is 18.2 Å². The summed E-state index contributed by atoms with van der Waals surface area (Å²) in [6.07, 6.45) is 0. The normalized spacial score (nSPS) is 10.3. The molecule has 0 aliphatic rings. The molecule has 0 aliphatic heterocycles. The van der Waals surface area contributed by atoms with Crippen molar-refractivity contribution in [3.63, 3.8) is 0 Å². The van der Waals surface area contributed by atoms with Gasteiger partial charge < -0.3 is 14.2 Å². The molecule has 0 heterocycles. The minimum atomic E-state index is -0.330. The maximum atomic E-state index is 13.1. The van der Waals surface area contributed by atoms with Crippen LogP contribution in [0.2, 0.25) is 0 Å². The molecule has 2 aromatic rings. The molecule has 21 heavy (non-hydrogen) atoms. The molecule has 0 N–H and O–H groups in total. The fourth-order valence-corrected chi connectivity index (χ4v) is 2.13. The molecule has 0 atom stereocenters. The zero-order valence-corrected chi connectivity index (χ0v) is 12.6. The number of benzene rings is 2. The summed E-state index contributed by atoms with van der Waals surface area (Å²) >= 11 is 5.79. The summed E-state index contributed by atoms with van der Waals surface area (Å²) in [7, 11) is 3.16. The lowest BCUT2D eigenvalue weighted by atomic mass is 10.2. The van der Waals surface area contributed by atoms with E-state index in [1.165, 1.54) is 12.1 Å². The zero-order chi connectivity index (χ0) is 15.2. The van der Waals surface area contributed by atoms with Gasteiger partial charge in [-0.25, -0.2) is 4.39 Å². The largest absolute Gasteiger partial charge is 0.493 e. The van der Waals surface area contributed by atoms with E-state index in [1.54, 1.807) is 20.3 Å². The van der Waals surface area contributed by atoms with Crippen LogP contribution in [0.3, 0.4) is 0 Å². The SMILES string of the molecule is COc1ccc(COc2ccc(F)cc2CCl)cc1OC. The third-order valence-electron chi connectivity index (χ3n) is 3.01. The maximum Gasteiger partial charge on any atom is 0.161 e. The summed E-state index contributed by atoms with van der Waals surface area (Å²) in [4.78, 5) is 0. The molecule has 0 aliphatic carbocycles. The maximum absolute atomic E-state index is 13.1. The van der Waals surface area contributed by atoms with Crippen LogP contribution in [0.1, 0.15) is 11.1 Å². The second-order valence-electron chi connectivity index (χ2n) is 4.36. The van der Waals surface area contributed by atoms with Gasteiger partial charge in [0.1, 0.15) is 18.2 Å². The highest BCUT2D eigenvalue weighted by molar-refractivity contribution is 6.17. The molecule has 2 rings (SSSR count). The second-order valence-corrected chi connectivity index (χ2v) is 4.63. The first kappa shape index (κ1) is 15.4. The molecule has 3 nitrogen and oxygen atoms in total. The number of hydrogen-bond donors (Lipinski definition) is 0. The van der Waals surface area contributed by atoms with Crippen molar-refractivity contribution in [2.45, 2.75) is 12.5 Å². The topological polar surface area (TPSA) is 27.7 Å². The van der Waals surface area contributed by atoms with Crippen molar-refractivity contribution < 1.29 is 18.6 Å². The highest BCUT2D eigenvalue weighted by Crippen LogP contribution is 2.28. The van der Waals surface area contributed by atoms with Crippen LogP contribution in [0.25, 0.3) is 0 Å². The van der Waals surface area contributed by atoms with Crippen molar-refractivity contribution >= 4 is 11.6 Å². The molecule has 112 valence electrons. The predicted molar refractivity (Wildman–Crippen MR) is 79.8 cm³/mol. The van der Waals surface area contributed by atoms with Crippen LogP contribution in [0.15, 0.2) is 36.4 Å². The lowest BCUT2D eigenvalue weighted by Crippen LogP contribution is -1.99. The second kappa shape index (κ2) is 7.18. The number of alkyl halides is 1. The van der Waals surface area contributed by atoms with E-state index in [0.717, 1.165) is 5.56 Å². The van der Waals surface area contributed by atoms with Crippen LogP contribution in [-0.4, -0.2) is 14.2 Å². The average Bonchev–Trinajstić information content (AvgIpc) is 2.53.